The number of nitrogens with zero attached hydrogens (tertiary/aromatic N) is 1. The minimum Gasteiger partial charge on any atom is -0.256 e. The van der Waals surface area contributed by atoms with E-state index in [1.54, 1.807) is 0 Å². The Morgan fingerprint density at radius 1 is 1.40 bits per heavy atom. The molecule has 0 bridgehead atoms. The van der Waals surface area contributed by atoms with Crippen molar-refractivity contribution in [2.75, 3.05) is 0 Å². The normalized spacial score (nSPS) is 12.3. The van der Waals surface area contributed by atoms with Crippen LogP contribution in [-0.4, -0.2) is 4.98 Å². The predicted molar refractivity (Wildman–Crippen MR) is 45.5 cm³/mol. The van der Waals surface area contributed by atoms with Crippen molar-refractivity contribution < 1.29 is 0 Å². The van der Waals surface area contributed by atoms with E-state index in [0.29, 0.717) is 0 Å². The van der Waals surface area contributed by atoms with Gasteiger partial charge < -0.3 is 0 Å². The summed E-state index contributed by atoms with van der Waals surface area (Å²) in [6, 6.07) is 2.10. The fraction of sp³-hybridized carbons (Fsp3) is 0.500. The van der Waals surface area contributed by atoms with Gasteiger partial charge >= 0.3 is 0 Å². The lowest BCUT2D eigenvalue weighted by molar-refractivity contribution is 0.570. The lowest BCUT2D eigenvalue weighted by Crippen LogP contribution is -2.12. The first kappa shape index (κ1) is 7.68. The molecule has 0 aromatic carbocycles. The van der Waals surface area contributed by atoms with E-state index >= 15 is 0 Å². The van der Waals surface area contributed by atoms with Gasteiger partial charge in [-0.2, -0.15) is 0 Å². The second-order valence-corrected chi connectivity index (χ2v) is 4.17. The lowest BCUT2D eigenvalue weighted by atomic mass is 9.92. The summed E-state index contributed by atoms with van der Waals surface area (Å²) < 4.78 is 0. The standard InChI is InChI=1S/C8H12NP/c1-8(2,3)7-4-5-10-6-9-7/h4-6H,1-3H3. The molecule has 54 valence electrons. The van der Waals surface area contributed by atoms with E-state index in [2.05, 4.69) is 37.6 Å². The maximum absolute atomic E-state index is 4.29. The van der Waals surface area contributed by atoms with Gasteiger partial charge in [0.15, 0.2) is 0 Å². The van der Waals surface area contributed by atoms with Gasteiger partial charge in [0.05, 0.1) is 5.93 Å². The molecule has 0 fully saturated rings. The minimum absolute atomic E-state index is 0.197. The maximum atomic E-state index is 4.29. The molecule has 1 rings (SSSR count). The Hall–Kier alpha value is -0.420. The minimum atomic E-state index is 0.197. The van der Waals surface area contributed by atoms with Crippen molar-refractivity contribution in [3.63, 3.8) is 0 Å². The molecule has 0 saturated heterocycles. The van der Waals surface area contributed by atoms with Crippen LogP contribution in [0.5, 0.6) is 0 Å². The maximum Gasteiger partial charge on any atom is 0.0542 e. The third kappa shape index (κ3) is 1.78. The van der Waals surface area contributed by atoms with Crippen molar-refractivity contribution in [1.82, 2.24) is 4.98 Å². The van der Waals surface area contributed by atoms with Gasteiger partial charge in [0.2, 0.25) is 0 Å². The molecule has 10 heavy (non-hydrogen) atoms. The van der Waals surface area contributed by atoms with Crippen molar-refractivity contribution in [1.29, 1.82) is 0 Å². The van der Waals surface area contributed by atoms with Crippen LogP contribution in [0.25, 0.3) is 0 Å². The summed E-state index contributed by atoms with van der Waals surface area (Å²) in [5, 5.41) is 0. The molecule has 0 aliphatic heterocycles. The van der Waals surface area contributed by atoms with Crippen molar-refractivity contribution in [3.8, 4) is 0 Å². The Bertz CT molecular complexity index is 200. The van der Waals surface area contributed by atoms with Gasteiger partial charge in [-0.1, -0.05) is 29.0 Å². The largest absolute Gasteiger partial charge is 0.256 e. The average molecular weight is 153 g/mol. The zero-order valence-corrected chi connectivity index (χ0v) is 7.52. The average Bonchev–Trinajstić information content (AvgIpc) is 1.88. The van der Waals surface area contributed by atoms with E-state index in [1.807, 2.05) is 5.93 Å². The first-order valence-electron chi connectivity index (χ1n) is 3.37. The van der Waals surface area contributed by atoms with Crippen LogP contribution in [0.3, 0.4) is 0 Å². The monoisotopic (exact) mass is 153 g/mol. The van der Waals surface area contributed by atoms with Gasteiger partial charge in [-0.05, 0) is 11.9 Å². The molecule has 2 heteroatoms. The highest BCUT2D eigenvalue weighted by Gasteiger charge is 2.13. The van der Waals surface area contributed by atoms with Crippen molar-refractivity contribution in [2.24, 2.45) is 0 Å². The zero-order valence-electron chi connectivity index (χ0n) is 6.63. The molecule has 0 unspecified atom stereocenters. The number of hydrogen-bond acceptors (Lipinski definition) is 1. The van der Waals surface area contributed by atoms with E-state index in [4.69, 9.17) is 0 Å². The van der Waals surface area contributed by atoms with Gasteiger partial charge in [0.1, 0.15) is 0 Å². The fourth-order valence-corrected chi connectivity index (χ4v) is 1.23. The molecule has 0 N–H and O–H groups in total. The molecule has 1 nitrogen and oxygen atoms in total. The van der Waals surface area contributed by atoms with Crippen LogP contribution in [0.4, 0.5) is 0 Å². The molecule has 1 aromatic heterocycles. The second kappa shape index (κ2) is 2.67. The van der Waals surface area contributed by atoms with E-state index in [0.717, 1.165) is 0 Å². The van der Waals surface area contributed by atoms with Gasteiger partial charge in [-0.15, -0.1) is 0 Å². The van der Waals surface area contributed by atoms with E-state index in [-0.39, 0.29) is 5.41 Å². The van der Waals surface area contributed by atoms with Crippen molar-refractivity contribution in [3.05, 3.63) is 23.5 Å². The Morgan fingerprint density at radius 2 is 2.10 bits per heavy atom. The topological polar surface area (TPSA) is 12.9 Å². The zero-order chi connectivity index (χ0) is 7.61. The Morgan fingerprint density at radius 3 is 2.40 bits per heavy atom. The van der Waals surface area contributed by atoms with Gasteiger partial charge in [0, 0.05) is 11.1 Å². The van der Waals surface area contributed by atoms with Gasteiger partial charge in [-0.25, -0.2) is 0 Å². The molecular weight excluding hydrogens is 141 g/mol. The van der Waals surface area contributed by atoms with Crippen LogP contribution >= 0.6 is 8.19 Å². The molecule has 0 atom stereocenters. The van der Waals surface area contributed by atoms with Gasteiger partial charge in [-0.3, -0.25) is 4.98 Å². The summed E-state index contributed by atoms with van der Waals surface area (Å²) >= 11 is 0. The number of rotatable bonds is 0. The van der Waals surface area contributed by atoms with Crippen LogP contribution in [-0.2, 0) is 5.41 Å². The first-order chi connectivity index (χ1) is 4.61. The van der Waals surface area contributed by atoms with E-state index in [1.165, 1.54) is 13.9 Å². The first-order valence-corrected chi connectivity index (χ1v) is 4.40. The highest BCUT2D eigenvalue weighted by molar-refractivity contribution is 7.27. The molecule has 0 amide bonds. The summed E-state index contributed by atoms with van der Waals surface area (Å²) in [6.45, 7) is 6.52. The summed E-state index contributed by atoms with van der Waals surface area (Å²) in [5.74, 6) is 4.05. The van der Waals surface area contributed by atoms with Crippen molar-refractivity contribution in [2.45, 2.75) is 26.2 Å². The second-order valence-electron chi connectivity index (χ2n) is 3.34. The highest BCUT2D eigenvalue weighted by Crippen LogP contribution is 2.20. The van der Waals surface area contributed by atoms with Gasteiger partial charge in [0.25, 0.3) is 0 Å². The van der Waals surface area contributed by atoms with Crippen LogP contribution in [0.1, 0.15) is 26.5 Å². The molecule has 0 aliphatic carbocycles. The Kier molecular flexibility index (Phi) is 2.05. The molecular formula is C8H12NP. The van der Waals surface area contributed by atoms with E-state index in [9.17, 15) is 0 Å². The summed E-state index contributed by atoms with van der Waals surface area (Å²) in [7, 11) is 1.20. The Balaban J connectivity index is 2.97. The van der Waals surface area contributed by atoms with Crippen LogP contribution in [0, 0.1) is 0 Å². The fourth-order valence-electron chi connectivity index (χ4n) is 0.734. The molecule has 0 spiro atoms. The smallest absolute Gasteiger partial charge is 0.0542 e. The Labute approximate surface area is 63.6 Å². The highest BCUT2D eigenvalue weighted by atomic mass is 31.0. The summed E-state index contributed by atoms with van der Waals surface area (Å²) in [6.07, 6.45) is 0. The van der Waals surface area contributed by atoms with E-state index < -0.39 is 0 Å². The van der Waals surface area contributed by atoms with Crippen molar-refractivity contribution >= 4 is 8.19 Å². The lowest BCUT2D eigenvalue weighted by Gasteiger charge is -2.16. The molecule has 1 aromatic rings. The number of aromatic nitrogens is 1. The van der Waals surface area contributed by atoms with Crippen LogP contribution in [0.15, 0.2) is 17.8 Å². The number of hydrogen-bond donors (Lipinski definition) is 0. The molecule has 0 aliphatic rings. The molecule has 0 saturated carbocycles. The third-order valence-corrected chi connectivity index (χ3v) is 1.92. The molecule has 0 radical (unpaired) electrons. The molecule has 1 heterocycles. The predicted octanol–water partition coefficient (Wildman–Crippen LogP) is 2.96. The SMILES string of the molecule is CC(C)(C)c1ccpcn1. The van der Waals surface area contributed by atoms with Crippen LogP contribution in [0.2, 0.25) is 0 Å². The quantitative estimate of drug-likeness (QED) is 0.558. The third-order valence-electron chi connectivity index (χ3n) is 1.35. The van der Waals surface area contributed by atoms with Crippen LogP contribution < -0.4 is 0 Å². The summed E-state index contributed by atoms with van der Waals surface area (Å²) in [5.41, 5.74) is 1.37. The summed E-state index contributed by atoms with van der Waals surface area (Å²) in [4.78, 5) is 4.29.